The molecule has 0 atom stereocenters. The Labute approximate surface area is 190 Å². The Balaban J connectivity index is 1.40. The van der Waals surface area contributed by atoms with Gasteiger partial charge in [-0.25, -0.2) is 4.39 Å². The number of hydrogen-bond acceptors (Lipinski definition) is 4. The van der Waals surface area contributed by atoms with Gasteiger partial charge in [0, 0.05) is 11.7 Å². The molecule has 0 aromatic heterocycles. The van der Waals surface area contributed by atoms with Crippen molar-refractivity contribution in [2.45, 2.75) is 50.1 Å². The summed E-state index contributed by atoms with van der Waals surface area (Å²) in [5.74, 6) is -2.09. The molecule has 4 amide bonds. The van der Waals surface area contributed by atoms with Gasteiger partial charge in [-0.2, -0.15) is 0 Å². The first-order valence-electron chi connectivity index (χ1n) is 11.3. The predicted octanol–water partition coefficient (Wildman–Crippen LogP) is 3.36. The second kappa shape index (κ2) is 8.10. The molecule has 33 heavy (non-hydrogen) atoms. The van der Waals surface area contributed by atoms with Crippen LogP contribution in [0.1, 0.15) is 59.2 Å². The third-order valence-electron chi connectivity index (χ3n) is 6.77. The van der Waals surface area contributed by atoms with Crippen LogP contribution < -0.4 is 5.32 Å². The topological polar surface area (TPSA) is 86.8 Å². The molecule has 0 spiro atoms. The van der Waals surface area contributed by atoms with Crippen molar-refractivity contribution in [3.05, 3.63) is 65.5 Å². The molecule has 5 rings (SSSR count). The lowest BCUT2D eigenvalue weighted by Crippen LogP contribution is -2.60. The Kier molecular flexibility index (Phi) is 5.23. The van der Waals surface area contributed by atoms with Crippen LogP contribution in [0, 0.1) is 5.82 Å². The van der Waals surface area contributed by atoms with Crippen molar-refractivity contribution in [1.29, 1.82) is 0 Å². The van der Waals surface area contributed by atoms with Crippen LogP contribution in [0.4, 0.5) is 10.1 Å². The van der Waals surface area contributed by atoms with Gasteiger partial charge in [0.25, 0.3) is 11.8 Å². The third kappa shape index (κ3) is 3.69. The van der Waals surface area contributed by atoms with E-state index in [2.05, 4.69) is 5.32 Å². The molecule has 2 fully saturated rings. The fourth-order valence-electron chi connectivity index (χ4n) is 5.04. The molecule has 0 saturated heterocycles. The minimum Gasteiger partial charge on any atom is -0.324 e. The zero-order valence-electron chi connectivity index (χ0n) is 18.1. The molecule has 1 aliphatic heterocycles. The lowest BCUT2D eigenvalue weighted by atomic mass is 9.92. The van der Waals surface area contributed by atoms with Gasteiger partial charge < -0.3 is 10.2 Å². The number of nitrogens with zero attached hydrogens (tertiary/aromatic N) is 2. The van der Waals surface area contributed by atoms with Crippen molar-refractivity contribution in [3.63, 3.8) is 0 Å². The molecule has 8 heteroatoms. The smallest absolute Gasteiger partial charge is 0.262 e. The fourth-order valence-corrected chi connectivity index (χ4v) is 5.04. The van der Waals surface area contributed by atoms with E-state index in [1.165, 1.54) is 24.3 Å². The van der Waals surface area contributed by atoms with Crippen LogP contribution >= 0.6 is 0 Å². The van der Waals surface area contributed by atoms with Gasteiger partial charge in [-0.15, -0.1) is 0 Å². The highest BCUT2D eigenvalue weighted by atomic mass is 19.1. The third-order valence-corrected chi connectivity index (χ3v) is 6.77. The number of imide groups is 1. The summed E-state index contributed by atoms with van der Waals surface area (Å²) in [6, 6.07) is 11.9. The summed E-state index contributed by atoms with van der Waals surface area (Å²) in [6.45, 7) is -0.394. The Bertz CT molecular complexity index is 1100. The van der Waals surface area contributed by atoms with Crippen molar-refractivity contribution in [2.75, 3.05) is 11.9 Å². The first-order valence-corrected chi connectivity index (χ1v) is 11.3. The van der Waals surface area contributed by atoms with E-state index >= 15 is 0 Å². The maximum atomic E-state index is 13.6. The van der Waals surface area contributed by atoms with E-state index in [1.54, 1.807) is 29.2 Å². The number of nitrogens with one attached hydrogen (secondary N) is 1. The highest BCUT2D eigenvalue weighted by Gasteiger charge is 2.53. The van der Waals surface area contributed by atoms with Crippen LogP contribution in [-0.2, 0) is 9.59 Å². The van der Waals surface area contributed by atoms with Gasteiger partial charge in [-0.3, -0.25) is 24.1 Å². The number of amides is 4. The van der Waals surface area contributed by atoms with E-state index in [0.717, 1.165) is 30.6 Å². The van der Waals surface area contributed by atoms with Gasteiger partial charge in [0.2, 0.25) is 11.8 Å². The maximum Gasteiger partial charge on any atom is 0.262 e. The summed E-state index contributed by atoms with van der Waals surface area (Å²) >= 11 is 0. The predicted molar refractivity (Wildman–Crippen MR) is 118 cm³/mol. The molecule has 0 unspecified atom stereocenters. The maximum absolute atomic E-state index is 13.6. The Morgan fingerprint density at radius 3 is 2.09 bits per heavy atom. The van der Waals surface area contributed by atoms with Gasteiger partial charge in [-0.05, 0) is 62.1 Å². The van der Waals surface area contributed by atoms with Crippen molar-refractivity contribution in [1.82, 2.24) is 9.80 Å². The summed E-state index contributed by atoms with van der Waals surface area (Å²) in [5.41, 5.74) is -0.0160. The van der Waals surface area contributed by atoms with E-state index in [9.17, 15) is 23.6 Å². The summed E-state index contributed by atoms with van der Waals surface area (Å²) in [7, 11) is 0. The number of carbonyl (C=O) groups is 4. The second-order valence-corrected chi connectivity index (χ2v) is 8.94. The molecule has 0 radical (unpaired) electrons. The number of rotatable bonds is 6. The molecule has 2 aromatic carbocycles. The normalized spacial score (nSPS) is 18.9. The van der Waals surface area contributed by atoms with Crippen molar-refractivity contribution < 1.29 is 23.6 Å². The molecule has 2 saturated carbocycles. The first kappa shape index (κ1) is 21.3. The second-order valence-electron chi connectivity index (χ2n) is 8.94. The van der Waals surface area contributed by atoms with Gasteiger partial charge in [0.1, 0.15) is 17.9 Å². The Morgan fingerprint density at radius 2 is 1.55 bits per heavy atom. The highest BCUT2D eigenvalue weighted by molar-refractivity contribution is 6.22. The van der Waals surface area contributed by atoms with Gasteiger partial charge in [-0.1, -0.05) is 25.0 Å². The monoisotopic (exact) mass is 449 g/mol. The number of carbonyl (C=O) groups excluding carboxylic acids is 4. The lowest BCUT2D eigenvalue weighted by molar-refractivity contribution is -0.146. The molecule has 1 N–H and O–H groups in total. The van der Waals surface area contributed by atoms with Gasteiger partial charge >= 0.3 is 0 Å². The number of fused-ring (bicyclic) bond motifs is 1. The molecule has 2 aromatic rings. The van der Waals surface area contributed by atoms with E-state index in [0.29, 0.717) is 18.5 Å². The quantitative estimate of drug-likeness (QED) is 0.685. The minimum atomic E-state index is -1.05. The van der Waals surface area contributed by atoms with Crippen LogP contribution in [0.25, 0.3) is 0 Å². The molecule has 170 valence electrons. The van der Waals surface area contributed by atoms with Crippen LogP contribution in [0.15, 0.2) is 48.5 Å². The van der Waals surface area contributed by atoms with Crippen LogP contribution in [0.5, 0.6) is 0 Å². The SMILES string of the molecule is O=C1c2ccccc2C(=O)N1CC(=O)N(C1CC1)C1(C(=O)Nc2ccc(F)cc2)CCCC1. The van der Waals surface area contributed by atoms with E-state index < -0.39 is 35.6 Å². The molecular weight excluding hydrogens is 425 g/mol. The van der Waals surface area contributed by atoms with Crippen LogP contribution in [0.2, 0.25) is 0 Å². The number of anilines is 1. The van der Waals surface area contributed by atoms with Crippen LogP contribution in [0.3, 0.4) is 0 Å². The van der Waals surface area contributed by atoms with E-state index in [4.69, 9.17) is 0 Å². The summed E-state index contributed by atoms with van der Waals surface area (Å²) in [4.78, 5) is 55.2. The Morgan fingerprint density at radius 1 is 0.970 bits per heavy atom. The summed E-state index contributed by atoms with van der Waals surface area (Å²) < 4.78 is 13.3. The average molecular weight is 449 g/mol. The number of halogens is 1. The minimum absolute atomic E-state index is 0.0928. The standard InChI is InChI=1S/C25H24FN3O4/c26-16-7-9-17(10-8-16)27-24(33)25(13-3-4-14-25)29(18-11-12-18)21(30)15-28-22(31)19-5-1-2-6-20(19)23(28)32/h1-2,5-10,18H,3-4,11-15H2,(H,27,33). The first-order chi connectivity index (χ1) is 15.9. The molecule has 0 bridgehead atoms. The van der Waals surface area contributed by atoms with Gasteiger partial charge in [0.05, 0.1) is 11.1 Å². The summed E-state index contributed by atoms with van der Waals surface area (Å²) in [5, 5.41) is 2.85. The molecule has 3 aliphatic rings. The van der Waals surface area contributed by atoms with Crippen molar-refractivity contribution in [2.24, 2.45) is 0 Å². The average Bonchev–Trinajstić information content (AvgIpc) is 3.46. The molecule has 1 heterocycles. The van der Waals surface area contributed by atoms with Gasteiger partial charge in [0.15, 0.2) is 0 Å². The lowest BCUT2D eigenvalue weighted by Gasteiger charge is -2.41. The molecular formula is C25H24FN3O4. The highest BCUT2D eigenvalue weighted by Crippen LogP contribution is 2.43. The largest absolute Gasteiger partial charge is 0.324 e. The number of hydrogen-bond donors (Lipinski definition) is 1. The molecule has 2 aliphatic carbocycles. The Hall–Kier alpha value is -3.55. The van der Waals surface area contributed by atoms with Crippen molar-refractivity contribution >= 4 is 29.3 Å². The zero-order valence-corrected chi connectivity index (χ0v) is 18.1. The fraction of sp³-hybridized carbons (Fsp3) is 0.360. The number of benzene rings is 2. The van der Waals surface area contributed by atoms with E-state index in [1.807, 2.05) is 0 Å². The van der Waals surface area contributed by atoms with E-state index in [-0.39, 0.29) is 23.1 Å². The van der Waals surface area contributed by atoms with Crippen LogP contribution in [-0.4, -0.2) is 51.6 Å². The summed E-state index contributed by atoms with van der Waals surface area (Å²) in [6.07, 6.45) is 4.15. The van der Waals surface area contributed by atoms with Crippen molar-refractivity contribution in [3.8, 4) is 0 Å². The molecule has 7 nitrogen and oxygen atoms in total. The zero-order chi connectivity index (χ0) is 23.2.